The molecule has 2 heterocycles. The third-order valence-corrected chi connectivity index (χ3v) is 4.86. The molecule has 1 aromatic heterocycles. The Labute approximate surface area is 165 Å². The summed E-state index contributed by atoms with van der Waals surface area (Å²) in [5, 5.41) is 2.38. The first kappa shape index (κ1) is 20.6. The van der Waals surface area contributed by atoms with Crippen LogP contribution in [0.15, 0.2) is 36.5 Å². The monoisotopic (exact) mass is 406 g/mol. The fraction of sp³-hybridized carbons (Fsp3) is 0.350. The molecule has 2 amide bonds. The van der Waals surface area contributed by atoms with Crippen molar-refractivity contribution in [1.29, 1.82) is 0 Å². The van der Waals surface area contributed by atoms with Crippen LogP contribution in [0.4, 0.5) is 24.7 Å². The van der Waals surface area contributed by atoms with E-state index in [1.165, 1.54) is 24.4 Å². The van der Waals surface area contributed by atoms with E-state index in [2.05, 4.69) is 10.3 Å². The first-order valence-electron chi connectivity index (χ1n) is 9.06. The number of halogens is 3. The van der Waals surface area contributed by atoms with Gasteiger partial charge in [0.05, 0.1) is 11.9 Å². The maximum Gasteiger partial charge on any atom is 0.313 e. The van der Waals surface area contributed by atoms with Gasteiger partial charge in [0.25, 0.3) is 5.92 Å². The van der Waals surface area contributed by atoms with E-state index in [9.17, 15) is 22.8 Å². The lowest BCUT2D eigenvalue weighted by Gasteiger charge is -2.43. The number of rotatable bonds is 2. The highest BCUT2D eigenvalue weighted by molar-refractivity contribution is 6.39. The van der Waals surface area contributed by atoms with E-state index in [0.29, 0.717) is 5.56 Å². The topological polar surface area (TPSA) is 88.3 Å². The summed E-state index contributed by atoms with van der Waals surface area (Å²) < 4.78 is 43.0. The number of benzene rings is 1. The van der Waals surface area contributed by atoms with Gasteiger partial charge in [-0.15, -0.1) is 0 Å². The van der Waals surface area contributed by atoms with Gasteiger partial charge in [0.1, 0.15) is 17.7 Å². The second-order valence-corrected chi connectivity index (χ2v) is 7.36. The Bertz CT molecular complexity index is 934. The number of nitrogens with zero attached hydrogens (tertiary/aromatic N) is 2. The van der Waals surface area contributed by atoms with Crippen LogP contribution in [0.5, 0.6) is 0 Å². The summed E-state index contributed by atoms with van der Waals surface area (Å²) in [6, 6.07) is 4.37. The number of aryl methyl sites for hydroxylation is 1. The van der Waals surface area contributed by atoms with Crippen molar-refractivity contribution >= 4 is 23.3 Å². The van der Waals surface area contributed by atoms with Gasteiger partial charge < -0.3 is 16.0 Å². The molecular formula is C20H21F3N4O2. The number of hydrogen-bond acceptors (Lipinski definition) is 4. The molecular weight excluding hydrogens is 385 g/mol. The molecule has 29 heavy (non-hydrogen) atoms. The maximum atomic E-state index is 14.9. The first-order chi connectivity index (χ1) is 13.6. The van der Waals surface area contributed by atoms with Gasteiger partial charge in [-0.2, -0.15) is 0 Å². The van der Waals surface area contributed by atoms with Crippen LogP contribution in [0, 0.1) is 18.7 Å². The molecule has 2 atom stereocenters. The molecule has 3 N–H and O–H groups in total. The molecule has 0 bridgehead atoms. The van der Waals surface area contributed by atoms with Gasteiger partial charge in [-0.05, 0) is 42.2 Å². The minimum absolute atomic E-state index is 0.0249. The van der Waals surface area contributed by atoms with Crippen molar-refractivity contribution in [2.75, 3.05) is 17.6 Å². The Balaban J connectivity index is 1.89. The summed E-state index contributed by atoms with van der Waals surface area (Å²) in [5.41, 5.74) is 6.51. The standard InChI is InChI=1S/C20H21F3N4O2/c1-11-8-20(22,23)16(13-3-5-14(21)6-4-13)27(10-11)19(29)18(28)26-15-7-12(2)17(24)25-9-15/h3-7,9,11,16H,8,10H2,1-2H3,(H2,24,25)(H,26,28)/t11-,16-/m0/s1. The third kappa shape index (κ3) is 4.33. The molecule has 1 aromatic carbocycles. The quantitative estimate of drug-likeness (QED) is 0.749. The van der Waals surface area contributed by atoms with Gasteiger partial charge in [0, 0.05) is 13.0 Å². The Kier molecular flexibility index (Phi) is 5.50. The summed E-state index contributed by atoms with van der Waals surface area (Å²) in [7, 11) is 0. The highest BCUT2D eigenvalue weighted by Crippen LogP contribution is 2.45. The lowest BCUT2D eigenvalue weighted by Crippen LogP contribution is -2.54. The summed E-state index contributed by atoms with van der Waals surface area (Å²) in [6.07, 6.45) is 0.833. The Morgan fingerprint density at radius 1 is 1.28 bits per heavy atom. The SMILES string of the molecule is Cc1cc(NC(=O)C(=O)N2C[C@@H](C)CC(F)(F)[C@@H]2c2ccc(F)cc2)cnc1N. The van der Waals surface area contributed by atoms with Crippen molar-refractivity contribution < 1.29 is 22.8 Å². The number of anilines is 2. The van der Waals surface area contributed by atoms with Gasteiger partial charge in [-0.25, -0.2) is 18.2 Å². The Morgan fingerprint density at radius 3 is 2.55 bits per heavy atom. The summed E-state index contributed by atoms with van der Waals surface area (Å²) >= 11 is 0. The predicted molar refractivity (Wildman–Crippen MR) is 102 cm³/mol. The Morgan fingerprint density at radius 2 is 1.93 bits per heavy atom. The Hall–Kier alpha value is -3.10. The molecule has 1 aliphatic rings. The van der Waals surface area contributed by atoms with Crippen molar-refractivity contribution in [3.8, 4) is 0 Å². The molecule has 1 saturated heterocycles. The van der Waals surface area contributed by atoms with Gasteiger partial charge in [0.15, 0.2) is 0 Å². The van der Waals surface area contributed by atoms with E-state index in [-0.39, 0.29) is 23.6 Å². The summed E-state index contributed by atoms with van der Waals surface area (Å²) in [5.74, 6) is -6.25. The molecule has 9 heteroatoms. The van der Waals surface area contributed by atoms with Crippen LogP contribution in [-0.4, -0.2) is 34.2 Å². The largest absolute Gasteiger partial charge is 0.383 e. The average molecular weight is 406 g/mol. The van der Waals surface area contributed by atoms with Crippen molar-refractivity contribution in [3.63, 3.8) is 0 Å². The normalized spacial score (nSPS) is 20.9. The molecule has 0 spiro atoms. The van der Waals surface area contributed by atoms with Gasteiger partial charge in [-0.1, -0.05) is 19.1 Å². The number of hydrogen-bond donors (Lipinski definition) is 2. The van der Waals surface area contributed by atoms with Gasteiger partial charge >= 0.3 is 11.8 Å². The zero-order valence-corrected chi connectivity index (χ0v) is 16.0. The number of carbonyl (C=O) groups is 2. The molecule has 1 fully saturated rings. The zero-order valence-electron chi connectivity index (χ0n) is 16.0. The first-order valence-corrected chi connectivity index (χ1v) is 9.06. The number of carbonyl (C=O) groups excluding carboxylic acids is 2. The predicted octanol–water partition coefficient (Wildman–Crippen LogP) is 3.29. The molecule has 0 radical (unpaired) electrons. The van der Waals surface area contributed by atoms with Crippen molar-refractivity contribution in [2.45, 2.75) is 32.2 Å². The highest BCUT2D eigenvalue weighted by atomic mass is 19.3. The second-order valence-electron chi connectivity index (χ2n) is 7.36. The lowest BCUT2D eigenvalue weighted by atomic mass is 9.86. The van der Waals surface area contributed by atoms with Crippen LogP contribution in [0.1, 0.15) is 30.5 Å². The fourth-order valence-corrected chi connectivity index (χ4v) is 3.55. The second kappa shape index (κ2) is 7.73. The molecule has 0 saturated carbocycles. The van der Waals surface area contributed by atoms with E-state index in [1.54, 1.807) is 13.8 Å². The van der Waals surface area contributed by atoms with Crippen LogP contribution in [0.25, 0.3) is 0 Å². The maximum absolute atomic E-state index is 14.9. The van der Waals surface area contributed by atoms with Crippen LogP contribution in [0.2, 0.25) is 0 Å². The van der Waals surface area contributed by atoms with Gasteiger partial charge in [-0.3, -0.25) is 9.59 Å². The van der Waals surface area contributed by atoms with Crippen molar-refractivity contribution in [3.05, 3.63) is 53.5 Å². The minimum Gasteiger partial charge on any atom is -0.383 e. The van der Waals surface area contributed by atoms with E-state index in [1.807, 2.05) is 0 Å². The molecule has 0 unspecified atom stereocenters. The van der Waals surface area contributed by atoms with E-state index < -0.39 is 41.9 Å². The molecule has 1 aliphatic heterocycles. The highest BCUT2D eigenvalue weighted by Gasteiger charge is 2.51. The minimum atomic E-state index is -3.27. The number of piperidine rings is 1. The number of nitrogen functional groups attached to an aromatic ring is 1. The van der Waals surface area contributed by atoms with Crippen LogP contribution in [-0.2, 0) is 9.59 Å². The van der Waals surface area contributed by atoms with E-state index in [4.69, 9.17) is 5.73 Å². The van der Waals surface area contributed by atoms with Crippen LogP contribution < -0.4 is 11.1 Å². The fourth-order valence-electron chi connectivity index (χ4n) is 3.55. The van der Waals surface area contributed by atoms with Crippen LogP contribution >= 0.6 is 0 Å². The molecule has 2 aromatic rings. The summed E-state index contributed by atoms with van der Waals surface area (Å²) in [6.45, 7) is 3.24. The number of alkyl halides is 2. The van der Waals surface area contributed by atoms with E-state index >= 15 is 0 Å². The number of likely N-dealkylation sites (tertiary alicyclic amines) is 1. The molecule has 3 rings (SSSR count). The molecule has 0 aliphatic carbocycles. The average Bonchev–Trinajstić information content (AvgIpc) is 2.64. The number of aromatic nitrogens is 1. The number of nitrogens with two attached hydrogens (primary N) is 1. The lowest BCUT2D eigenvalue weighted by molar-refractivity contribution is -0.165. The number of nitrogens with one attached hydrogen (secondary N) is 1. The zero-order chi connectivity index (χ0) is 21.3. The van der Waals surface area contributed by atoms with Gasteiger partial charge in [0.2, 0.25) is 0 Å². The number of pyridine rings is 1. The van der Waals surface area contributed by atoms with Crippen LogP contribution in [0.3, 0.4) is 0 Å². The summed E-state index contributed by atoms with van der Waals surface area (Å²) in [4.78, 5) is 30.0. The van der Waals surface area contributed by atoms with Crippen molar-refractivity contribution in [1.82, 2.24) is 9.88 Å². The molecule has 154 valence electrons. The molecule has 6 nitrogen and oxygen atoms in total. The number of amides is 2. The van der Waals surface area contributed by atoms with E-state index in [0.717, 1.165) is 17.0 Å². The smallest absolute Gasteiger partial charge is 0.313 e. The van der Waals surface area contributed by atoms with Crippen molar-refractivity contribution in [2.24, 2.45) is 5.92 Å². The third-order valence-electron chi connectivity index (χ3n) is 4.86.